The molecule has 0 unspecified atom stereocenters. The fraction of sp³-hybridized carbons (Fsp3) is 0.364. The van der Waals surface area contributed by atoms with E-state index in [2.05, 4.69) is 35.0 Å². The van der Waals surface area contributed by atoms with Crippen LogP contribution in [0.15, 0.2) is 42.5 Å². The van der Waals surface area contributed by atoms with Crippen molar-refractivity contribution in [1.82, 2.24) is 14.9 Å². The van der Waals surface area contributed by atoms with Crippen LogP contribution in [-0.4, -0.2) is 47.1 Å². The number of fused-ring (bicyclic) bond motifs is 1. The van der Waals surface area contributed by atoms with Crippen LogP contribution < -0.4 is 0 Å². The molecule has 27 heavy (non-hydrogen) atoms. The number of aromatic amines is 1. The summed E-state index contributed by atoms with van der Waals surface area (Å²) < 4.78 is 4.75. The molecule has 0 radical (unpaired) electrons. The van der Waals surface area contributed by atoms with Crippen LogP contribution in [0.3, 0.4) is 0 Å². The smallest absolute Gasteiger partial charge is 0.337 e. The molecule has 0 saturated carbocycles. The number of H-pyrrole nitrogens is 1. The maximum Gasteiger partial charge on any atom is 0.337 e. The van der Waals surface area contributed by atoms with Gasteiger partial charge in [0, 0.05) is 19.0 Å². The summed E-state index contributed by atoms with van der Waals surface area (Å²) in [6.07, 6.45) is 3.56. The minimum Gasteiger partial charge on any atom is -0.465 e. The molecule has 3 aromatic rings. The Morgan fingerprint density at radius 3 is 2.70 bits per heavy atom. The fourth-order valence-electron chi connectivity index (χ4n) is 3.85. The first-order valence-corrected chi connectivity index (χ1v) is 9.55. The third kappa shape index (κ3) is 3.74. The van der Waals surface area contributed by atoms with Gasteiger partial charge in [-0.3, -0.25) is 0 Å². The van der Waals surface area contributed by atoms with E-state index < -0.39 is 0 Å². The molecule has 4 rings (SSSR count). The lowest BCUT2D eigenvalue weighted by molar-refractivity contribution is 0.0601. The summed E-state index contributed by atoms with van der Waals surface area (Å²) in [7, 11) is 1.39. The summed E-state index contributed by atoms with van der Waals surface area (Å²) >= 11 is 0. The highest BCUT2D eigenvalue weighted by molar-refractivity contribution is 5.90. The van der Waals surface area contributed by atoms with Crippen molar-refractivity contribution in [3.05, 3.63) is 53.9 Å². The predicted octanol–water partition coefficient (Wildman–Crippen LogP) is 4.04. The van der Waals surface area contributed by atoms with Gasteiger partial charge in [-0.15, -0.1) is 0 Å². The van der Waals surface area contributed by atoms with Crippen LogP contribution in [0, 0.1) is 0 Å². The van der Waals surface area contributed by atoms with Gasteiger partial charge >= 0.3 is 5.97 Å². The molecule has 5 nitrogen and oxygen atoms in total. The zero-order valence-corrected chi connectivity index (χ0v) is 15.9. The molecule has 0 aliphatic carbocycles. The number of hydrogen-bond donors (Lipinski definition) is 1. The van der Waals surface area contributed by atoms with Crippen LogP contribution >= 0.6 is 0 Å². The van der Waals surface area contributed by atoms with Gasteiger partial charge in [-0.05, 0) is 61.7 Å². The van der Waals surface area contributed by atoms with Crippen LogP contribution in [0.1, 0.15) is 35.9 Å². The van der Waals surface area contributed by atoms with Gasteiger partial charge in [-0.25, -0.2) is 9.78 Å². The van der Waals surface area contributed by atoms with Gasteiger partial charge in [0.25, 0.3) is 0 Å². The minimum absolute atomic E-state index is 0.317. The van der Waals surface area contributed by atoms with Crippen molar-refractivity contribution in [2.24, 2.45) is 0 Å². The Labute approximate surface area is 159 Å². The summed E-state index contributed by atoms with van der Waals surface area (Å²) in [5, 5.41) is 0. The number of likely N-dealkylation sites (tertiary alicyclic amines) is 1. The zero-order valence-electron chi connectivity index (χ0n) is 15.9. The van der Waals surface area contributed by atoms with E-state index in [1.807, 2.05) is 12.1 Å². The molecule has 1 aromatic heterocycles. The number of carbonyl (C=O) groups excluding carboxylic acids is 1. The van der Waals surface area contributed by atoms with E-state index in [0.717, 1.165) is 41.0 Å². The van der Waals surface area contributed by atoms with Gasteiger partial charge in [-0.2, -0.15) is 0 Å². The Morgan fingerprint density at radius 1 is 1.22 bits per heavy atom. The number of nitrogens with zero attached hydrogens (tertiary/aromatic N) is 2. The second-order valence-electron chi connectivity index (χ2n) is 7.26. The van der Waals surface area contributed by atoms with Gasteiger partial charge in [0.05, 0.1) is 23.7 Å². The lowest BCUT2D eigenvalue weighted by atomic mass is 10.0. The lowest BCUT2D eigenvalue weighted by Gasteiger charge is -2.19. The van der Waals surface area contributed by atoms with E-state index in [0.29, 0.717) is 11.6 Å². The number of benzene rings is 2. The number of esters is 1. The lowest BCUT2D eigenvalue weighted by Crippen LogP contribution is -2.29. The zero-order chi connectivity index (χ0) is 18.8. The van der Waals surface area contributed by atoms with Gasteiger partial charge in [0.2, 0.25) is 0 Å². The van der Waals surface area contributed by atoms with Gasteiger partial charge in [0.15, 0.2) is 0 Å². The normalized spacial score (nSPS) is 17.5. The number of ether oxygens (including phenoxy) is 1. The maximum atomic E-state index is 11.6. The highest BCUT2D eigenvalue weighted by atomic mass is 16.5. The van der Waals surface area contributed by atoms with E-state index >= 15 is 0 Å². The van der Waals surface area contributed by atoms with Crippen molar-refractivity contribution in [1.29, 1.82) is 0 Å². The molecule has 1 aliphatic heterocycles. The number of nitrogens with one attached hydrogen (secondary N) is 1. The Bertz CT molecular complexity index is 946. The predicted molar refractivity (Wildman–Crippen MR) is 107 cm³/mol. The Balaban J connectivity index is 1.51. The van der Waals surface area contributed by atoms with Crippen molar-refractivity contribution < 1.29 is 9.53 Å². The van der Waals surface area contributed by atoms with Crippen LogP contribution in [0.4, 0.5) is 0 Å². The molecule has 140 valence electrons. The molecular weight excluding hydrogens is 338 g/mol. The Morgan fingerprint density at radius 2 is 2.00 bits per heavy atom. The summed E-state index contributed by atoms with van der Waals surface area (Å²) in [5.74, 6) is 0.727. The molecule has 0 spiro atoms. The van der Waals surface area contributed by atoms with Crippen LogP contribution in [-0.2, 0) is 11.2 Å². The molecule has 1 atom stereocenters. The number of hydrogen-bond acceptors (Lipinski definition) is 4. The van der Waals surface area contributed by atoms with Crippen molar-refractivity contribution >= 4 is 17.0 Å². The highest BCUT2D eigenvalue weighted by Crippen LogP contribution is 2.24. The topological polar surface area (TPSA) is 58.2 Å². The van der Waals surface area contributed by atoms with E-state index in [1.165, 1.54) is 26.5 Å². The molecule has 1 fully saturated rings. The molecule has 1 saturated heterocycles. The van der Waals surface area contributed by atoms with Gasteiger partial charge in [-0.1, -0.05) is 18.2 Å². The third-order valence-electron chi connectivity index (χ3n) is 5.50. The number of carbonyl (C=O) groups is 1. The molecule has 2 heterocycles. The number of methoxy groups -OCH3 is 1. The fourth-order valence-corrected chi connectivity index (χ4v) is 3.85. The molecule has 5 heteroatoms. The molecule has 0 bridgehead atoms. The monoisotopic (exact) mass is 363 g/mol. The highest BCUT2D eigenvalue weighted by Gasteiger charge is 2.19. The molecule has 1 N–H and O–H groups in total. The SMILES string of the molecule is COC(=O)c1ccc(-c2ccc3nc(CCN4CCC[C@H]4C)[nH]c3c2)cc1. The largest absolute Gasteiger partial charge is 0.465 e. The van der Waals surface area contributed by atoms with Crippen LogP contribution in [0.2, 0.25) is 0 Å². The van der Waals surface area contributed by atoms with E-state index in [-0.39, 0.29) is 5.97 Å². The maximum absolute atomic E-state index is 11.6. The van der Waals surface area contributed by atoms with E-state index in [4.69, 9.17) is 9.72 Å². The number of rotatable bonds is 5. The summed E-state index contributed by atoms with van der Waals surface area (Å²) in [5.41, 5.74) is 4.76. The third-order valence-corrected chi connectivity index (χ3v) is 5.50. The van der Waals surface area contributed by atoms with Crippen molar-refractivity contribution in [3.63, 3.8) is 0 Å². The van der Waals surface area contributed by atoms with Crippen LogP contribution in [0.5, 0.6) is 0 Å². The average molecular weight is 363 g/mol. The molecule has 1 aliphatic rings. The second kappa shape index (κ2) is 7.53. The van der Waals surface area contributed by atoms with Crippen molar-refractivity contribution in [2.75, 3.05) is 20.2 Å². The first kappa shape index (κ1) is 17.7. The van der Waals surface area contributed by atoms with Gasteiger partial charge < -0.3 is 14.6 Å². The Kier molecular flexibility index (Phi) is 4.94. The number of imidazole rings is 1. The molecular formula is C22H25N3O2. The molecule has 0 amide bonds. The van der Waals surface area contributed by atoms with Crippen molar-refractivity contribution in [2.45, 2.75) is 32.2 Å². The van der Waals surface area contributed by atoms with E-state index in [1.54, 1.807) is 12.1 Å². The summed E-state index contributed by atoms with van der Waals surface area (Å²) in [4.78, 5) is 22.3. The first-order valence-electron chi connectivity index (χ1n) is 9.55. The summed E-state index contributed by atoms with van der Waals surface area (Å²) in [6, 6.07) is 14.4. The molecule has 2 aromatic carbocycles. The second-order valence-corrected chi connectivity index (χ2v) is 7.26. The average Bonchev–Trinajstić information content (AvgIpc) is 3.30. The quantitative estimate of drug-likeness (QED) is 0.695. The standard InChI is InChI=1S/C22H25N3O2/c1-15-4-3-12-25(15)13-11-21-23-19-10-9-18(14-20(19)24-21)16-5-7-17(8-6-16)22(26)27-2/h5-10,14-15H,3-4,11-13H2,1-2H3,(H,23,24)/t15-/m1/s1. The van der Waals surface area contributed by atoms with Crippen LogP contribution in [0.25, 0.3) is 22.2 Å². The number of aromatic nitrogens is 2. The minimum atomic E-state index is -0.317. The Hall–Kier alpha value is -2.66. The van der Waals surface area contributed by atoms with Gasteiger partial charge in [0.1, 0.15) is 5.82 Å². The first-order chi connectivity index (χ1) is 13.1. The van der Waals surface area contributed by atoms with E-state index in [9.17, 15) is 4.79 Å². The van der Waals surface area contributed by atoms with Crippen molar-refractivity contribution in [3.8, 4) is 11.1 Å². The summed E-state index contributed by atoms with van der Waals surface area (Å²) in [6.45, 7) is 4.57.